The van der Waals surface area contributed by atoms with Crippen molar-refractivity contribution in [2.24, 2.45) is 0 Å². The van der Waals surface area contributed by atoms with Crippen LogP contribution in [0.25, 0.3) is 23.3 Å². The molecule has 3 aromatic rings. The fourth-order valence-electron chi connectivity index (χ4n) is 3.18. The predicted octanol–water partition coefficient (Wildman–Crippen LogP) is 0.725. The molecule has 1 fully saturated rings. The van der Waals surface area contributed by atoms with Gasteiger partial charge < -0.3 is 24.7 Å². The first-order valence-electron chi connectivity index (χ1n) is 8.96. The van der Waals surface area contributed by atoms with Gasteiger partial charge in [-0.25, -0.2) is 19.5 Å². The molecule has 4 N–H and O–H groups in total. The maximum Gasteiger partial charge on any atom is 0.469 e. The summed E-state index contributed by atoms with van der Waals surface area (Å²) in [7, 11) is -4.74. The van der Waals surface area contributed by atoms with Crippen LogP contribution in [0.4, 0.5) is 0 Å². The van der Waals surface area contributed by atoms with Gasteiger partial charge in [0.05, 0.1) is 18.6 Å². The zero-order chi connectivity index (χ0) is 21.3. The highest BCUT2D eigenvalue weighted by Gasteiger charge is 2.45. The van der Waals surface area contributed by atoms with Gasteiger partial charge in [0.25, 0.3) is 0 Å². The van der Waals surface area contributed by atoms with Crippen LogP contribution in [0.5, 0.6) is 0 Å². The van der Waals surface area contributed by atoms with E-state index in [9.17, 15) is 14.8 Å². The smallest absolute Gasteiger partial charge is 0.387 e. The van der Waals surface area contributed by atoms with E-state index < -0.39 is 39.0 Å². The van der Waals surface area contributed by atoms with Crippen LogP contribution in [0, 0.1) is 0 Å². The van der Waals surface area contributed by atoms with Gasteiger partial charge in [0.15, 0.2) is 11.9 Å². The number of aromatic nitrogens is 4. The van der Waals surface area contributed by atoms with Crippen LogP contribution in [-0.2, 0) is 13.8 Å². The van der Waals surface area contributed by atoms with E-state index in [1.807, 2.05) is 36.4 Å². The minimum atomic E-state index is -4.74. The predicted molar refractivity (Wildman–Crippen MR) is 105 cm³/mol. The molecule has 3 heterocycles. The summed E-state index contributed by atoms with van der Waals surface area (Å²) in [5, 5.41) is 20.6. The number of imidazole rings is 1. The van der Waals surface area contributed by atoms with Crippen molar-refractivity contribution < 1.29 is 33.8 Å². The third kappa shape index (κ3) is 4.32. The topological polar surface area (TPSA) is 160 Å². The lowest BCUT2D eigenvalue weighted by molar-refractivity contribution is -0.0504. The first-order valence-corrected chi connectivity index (χ1v) is 10.5. The highest BCUT2D eigenvalue weighted by atomic mass is 31.2. The van der Waals surface area contributed by atoms with E-state index >= 15 is 0 Å². The van der Waals surface area contributed by atoms with E-state index in [-0.39, 0.29) is 0 Å². The van der Waals surface area contributed by atoms with E-state index in [4.69, 9.17) is 14.5 Å². The summed E-state index contributed by atoms with van der Waals surface area (Å²) in [4.78, 5) is 30.4. The van der Waals surface area contributed by atoms with Crippen LogP contribution in [0.1, 0.15) is 17.5 Å². The molecule has 4 atom stereocenters. The van der Waals surface area contributed by atoms with Crippen molar-refractivity contribution in [2.45, 2.75) is 24.5 Å². The standard InChI is InChI=1S/C18H19N4O7P/c23-15-13(8-28-30(25,26)27)29-18(16(15)24)22-10-21-14-12(19-9-20-17(14)22)7-6-11-4-2-1-3-5-11/h1-7,9-10,13,15-16,18,23-24H,8H2,(H2,25,26,27)/t13-,15+,16-,18-/m1/s1. The fraction of sp³-hybridized carbons (Fsp3) is 0.278. The minimum absolute atomic E-state index is 0.366. The van der Waals surface area contributed by atoms with Gasteiger partial charge >= 0.3 is 7.82 Å². The number of hydrogen-bond acceptors (Lipinski definition) is 8. The van der Waals surface area contributed by atoms with Crippen molar-refractivity contribution in [1.29, 1.82) is 0 Å². The molecular formula is C18H19N4O7P. The SMILES string of the molecule is O=P(O)(O)OC[C@H]1O[C@@H](n2cnc3c(C=Cc4ccccc4)ncnc32)[C@H](O)[C@H]1O. The summed E-state index contributed by atoms with van der Waals surface area (Å²) in [6, 6.07) is 9.64. The molecule has 0 bridgehead atoms. The summed E-state index contributed by atoms with van der Waals surface area (Å²) in [5.41, 5.74) is 2.36. The van der Waals surface area contributed by atoms with Gasteiger partial charge in [-0.3, -0.25) is 9.09 Å². The van der Waals surface area contributed by atoms with Crippen molar-refractivity contribution in [3.63, 3.8) is 0 Å². The molecule has 0 aliphatic carbocycles. The lowest BCUT2D eigenvalue weighted by Gasteiger charge is -2.16. The second kappa shape index (κ2) is 8.32. The normalized spacial score (nSPS) is 24.8. The molecule has 0 saturated carbocycles. The Labute approximate surface area is 170 Å². The number of rotatable bonds is 6. The van der Waals surface area contributed by atoms with Gasteiger partial charge in [-0.2, -0.15) is 0 Å². The number of phosphoric acid groups is 1. The van der Waals surface area contributed by atoms with Gasteiger partial charge in [0.1, 0.15) is 30.2 Å². The number of aliphatic hydroxyl groups excluding tert-OH is 2. The monoisotopic (exact) mass is 434 g/mol. The van der Waals surface area contributed by atoms with Crippen molar-refractivity contribution >= 4 is 31.1 Å². The molecule has 1 aromatic carbocycles. The molecule has 0 radical (unpaired) electrons. The first kappa shape index (κ1) is 20.8. The van der Waals surface area contributed by atoms with Gasteiger partial charge in [-0.1, -0.05) is 36.4 Å². The number of aliphatic hydroxyl groups is 2. The maximum absolute atomic E-state index is 10.9. The molecule has 2 aromatic heterocycles. The molecule has 1 saturated heterocycles. The molecule has 158 valence electrons. The van der Waals surface area contributed by atoms with Crippen LogP contribution in [0.3, 0.4) is 0 Å². The Balaban J connectivity index is 1.59. The quantitative estimate of drug-likeness (QED) is 0.407. The number of benzene rings is 1. The van der Waals surface area contributed by atoms with Gasteiger partial charge in [0, 0.05) is 0 Å². The zero-order valence-electron chi connectivity index (χ0n) is 15.5. The zero-order valence-corrected chi connectivity index (χ0v) is 16.4. The molecule has 0 spiro atoms. The number of fused-ring (bicyclic) bond motifs is 1. The molecule has 12 heteroatoms. The van der Waals surface area contributed by atoms with Crippen LogP contribution >= 0.6 is 7.82 Å². The van der Waals surface area contributed by atoms with Gasteiger partial charge in [-0.05, 0) is 11.6 Å². The van der Waals surface area contributed by atoms with E-state index in [1.54, 1.807) is 6.08 Å². The van der Waals surface area contributed by atoms with Crippen molar-refractivity contribution in [3.05, 3.63) is 54.2 Å². The Kier molecular flexibility index (Phi) is 5.76. The third-order valence-electron chi connectivity index (χ3n) is 4.64. The lowest BCUT2D eigenvalue weighted by atomic mass is 10.1. The van der Waals surface area contributed by atoms with E-state index in [0.29, 0.717) is 16.9 Å². The molecule has 0 amide bonds. The highest BCUT2D eigenvalue weighted by molar-refractivity contribution is 7.46. The Morgan fingerprint density at radius 3 is 2.60 bits per heavy atom. The third-order valence-corrected chi connectivity index (χ3v) is 5.12. The summed E-state index contributed by atoms with van der Waals surface area (Å²) in [5.74, 6) is 0. The molecular weight excluding hydrogens is 415 g/mol. The Morgan fingerprint density at radius 1 is 1.10 bits per heavy atom. The minimum Gasteiger partial charge on any atom is -0.387 e. The van der Waals surface area contributed by atoms with E-state index in [0.717, 1.165) is 5.56 Å². The Morgan fingerprint density at radius 2 is 1.87 bits per heavy atom. The molecule has 1 aliphatic heterocycles. The molecule has 30 heavy (non-hydrogen) atoms. The molecule has 1 aliphatic rings. The second-order valence-corrected chi connectivity index (χ2v) is 7.90. The lowest BCUT2D eigenvalue weighted by Crippen LogP contribution is -2.33. The van der Waals surface area contributed by atoms with Crippen molar-refractivity contribution in [2.75, 3.05) is 6.61 Å². The Bertz CT molecular complexity index is 1100. The number of nitrogens with zero attached hydrogens (tertiary/aromatic N) is 4. The maximum atomic E-state index is 10.9. The second-order valence-electron chi connectivity index (χ2n) is 6.66. The number of hydrogen-bond donors (Lipinski definition) is 4. The van der Waals surface area contributed by atoms with Crippen molar-refractivity contribution in [1.82, 2.24) is 19.5 Å². The number of ether oxygens (including phenoxy) is 1. The largest absolute Gasteiger partial charge is 0.469 e. The average molecular weight is 434 g/mol. The van der Waals surface area contributed by atoms with Crippen LogP contribution in [-0.4, -0.2) is 64.4 Å². The summed E-state index contributed by atoms with van der Waals surface area (Å²) in [6.07, 6.45) is 1.38. The van der Waals surface area contributed by atoms with E-state index in [2.05, 4.69) is 19.5 Å². The molecule has 4 rings (SSSR count). The average Bonchev–Trinajstić information content (AvgIpc) is 3.27. The molecule has 11 nitrogen and oxygen atoms in total. The first-order chi connectivity index (χ1) is 14.3. The summed E-state index contributed by atoms with van der Waals surface area (Å²) < 4.78 is 22.3. The summed E-state index contributed by atoms with van der Waals surface area (Å²) in [6.45, 7) is -0.592. The van der Waals surface area contributed by atoms with Crippen LogP contribution in [0.15, 0.2) is 43.0 Å². The van der Waals surface area contributed by atoms with Gasteiger partial charge in [-0.15, -0.1) is 0 Å². The Hall–Kier alpha value is -2.50. The van der Waals surface area contributed by atoms with Crippen molar-refractivity contribution in [3.8, 4) is 0 Å². The van der Waals surface area contributed by atoms with Gasteiger partial charge in [0.2, 0.25) is 0 Å². The molecule has 0 unspecified atom stereocenters. The van der Waals surface area contributed by atoms with E-state index in [1.165, 1.54) is 17.2 Å². The summed E-state index contributed by atoms with van der Waals surface area (Å²) >= 11 is 0. The van der Waals surface area contributed by atoms with Crippen LogP contribution < -0.4 is 0 Å². The van der Waals surface area contributed by atoms with Crippen LogP contribution in [0.2, 0.25) is 0 Å². The highest BCUT2D eigenvalue weighted by Crippen LogP contribution is 2.38. The number of phosphoric ester groups is 1. The fourth-order valence-corrected chi connectivity index (χ4v) is 3.53.